The summed E-state index contributed by atoms with van der Waals surface area (Å²) in [4.78, 5) is 16.2. The summed E-state index contributed by atoms with van der Waals surface area (Å²) in [6, 6.07) is 3.98. The van der Waals surface area contributed by atoms with Crippen LogP contribution in [0.2, 0.25) is 0 Å². The number of nitrogens with one attached hydrogen (secondary N) is 1. The molecule has 0 atom stereocenters. The third-order valence-electron chi connectivity index (χ3n) is 2.25. The monoisotopic (exact) mass is 325 g/mol. The van der Waals surface area contributed by atoms with E-state index in [9.17, 15) is 4.79 Å². The third kappa shape index (κ3) is 3.03. The van der Waals surface area contributed by atoms with Gasteiger partial charge < -0.3 is 5.11 Å². The summed E-state index contributed by atoms with van der Waals surface area (Å²) < 4.78 is 1.77. The zero-order valence-corrected chi connectivity index (χ0v) is 12.3. The molecule has 0 spiro atoms. The first-order valence-electron chi connectivity index (χ1n) is 5.39. The second-order valence-electron chi connectivity index (χ2n) is 3.64. The smallest absolute Gasteiger partial charge is 0.347 e. The standard InChI is InChI=1S/C10H7N5O2S3/c16-9(17)6-4-11-10(19-6)20-8-2-1-5(18-8)3-7-12-14-15-13-7/h1-2,4H,3H2,(H,16,17)(H,12,13,14,15). The summed E-state index contributed by atoms with van der Waals surface area (Å²) in [5, 5.41) is 22.5. The summed E-state index contributed by atoms with van der Waals surface area (Å²) in [5.41, 5.74) is 0. The highest BCUT2D eigenvalue weighted by Gasteiger charge is 2.11. The van der Waals surface area contributed by atoms with E-state index >= 15 is 0 Å². The molecule has 0 aliphatic heterocycles. The maximum Gasteiger partial charge on any atom is 0.347 e. The SMILES string of the molecule is O=C(O)c1cnc(Sc2ccc(Cc3nnn[nH]3)s2)s1. The Morgan fingerprint density at radius 2 is 2.30 bits per heavy atom. The lowest BCUT2D eigenvalue weighted by Crippen LogP contribution is -1.89. The number of hydrogen-bond acceptors (Lipinski definition) is 8. The van der Waals surface area contributed by atoms with Crippen LogP contribution >= 0.6 is 34.4 Å². The minimum absolute atomic E-state index is 0.247. The van der Waals surface area contributed by atoms with Crippen LogP contribution in [0, 0.1) is 0 Å². The Balaban J connectivity index is 1.68. The molecular weight excluding hydrogens is 318 g/mol. The Labute approximate surface area is 125 Å². The van der Waals surface area contributed by atoms with Gasteiger partial charge in [-0.1, -0.05) is 0 Å². The van der Waals surface area contributed by atoms with Crippen molar-refractivity contribution in [2.75, 3.05) is 0 Å². The van der Waals surface area contributed by atoms with Gasteiger partial charge in [0.15, 0.2) is 10.2 Å². The number of aromatic nitrogens is 5. The minimum Gasteiger partial charge on any atom is -0.477 e. The second-order valence-corrected chi connectivity index (χ2v) is 7.39. The molecule has 0 aliphatic carbocycles. The van der Waals surface area contributed by atoms with E-state index in [-0.39, 0.29) is 4.88 Å². The van der Waals surface area contributed by atoms with E-state index in [1.54, 1.807) is 11.3 Å². The quantitative estimate of drug-likeness (QED) is 0.740. The third-order valence-corrected chi connectivity index (χ3v) is 5.53. The molecule has 10 heteroatoms. The predicted octanol–water partition coefficient (Wildman–Crippen LogP) is 2.16. The van der Waals surface area contributed by atoms with Crippen LogP contribution in [-0.4, -0.2) is 36.7 Å². The fourth-order valence-corrected chi connectivity index (χ4v) is 4.64. The van der Waals surface area contributed by atoms with Crippen molar-refractivity contribution < 1.29 is 9.90 Å². The molecule has 0 saturated carbocycles. The Bertz CT molecular complexity index is 721. The van der Waals surface area contributed by atoms with E-state index < -0.39 is 5.97 Å². The van der Waals surface area contributed by atoms with E-state index in [4.69, 9.17) is 5.11 Å². The Morgan fingerprint density at radius 1 is 1.40 bits per heavy atom. The van der Waals surface area contributed by atoms with Gasteiger partial charge in [0, 0.05) is 11.3 Å². The van der Waals surface area contributed by atoms with Crippen molar-refractivity contribution in [1.29, 1.82) is 0 Å². The van der Waals surface area contributed by atoms with Crippen LogP contribution in [0.4, 0.5) is 0 Å². The highest BCUT2D eigenvalue weighted by molar-refractivity contribution is 8.02. The number of H-pyrrole nitrogens is 1. The molecule has 0 bridgehead atoms. The minimum atomic E-state index is -0.945. The lowest BCUT2D eigenvalue weighted by molar-refractivity contribution is 0.0702. The van der Waals surface area contributed by atoms with Crippen molar-refractivity contribution >= 4 is 40.4 Å². The van der Waals surface area contributed by atoms with Gasteiger partial charge in [-0.3, -0.25) is 0 Å². The van der Waals surface area contributed by atoms with Crippen LogP contribution in [0.3, 0.4) is 0 Å². The Hall–Kier alpha value is -1.78. The van der Waals surface area contributed by atoms with Crippen molar-refractivity contribution in [1.82, 2.24) is 25.6 Å². The first kappa shape index (κ1) is 13.2. The van der Waals surface area contributed by atoms with Crippen LogP contribution in [0.25, 0.3) is 0 Å². The van der Waals surface area contributed by atoms with Gasteiger partial charge in [0.05, 0.1) is 10.4 Å². The van der Waals surface area contributed by atoms with Gasteiger partial charge in [0.25, 0.3) is 0 Å². The Kier molecular flexibility index (Phi) is 3.76. The number of carboxylic acid groups (broad SMARTS) is 1. The van der Waals surface area contributed by atoms with Gasteiger partial charge in [-0.25, -0.2) is 14.9 Å². The average Bonchev–Trinajstić information content (AvgIpc) is 3.12. The molecule has 3 aromatic heterocycles. The summed E-state index contributed by atoms with van der Waals surface area (Å²) in [5.74, 6) is -0.232. The molecule has 20 heavy (non-hydrogen) atoms. The summed E-state index contributed by atoms with van der Waals surface area (Å²) in [7, 11) is 0. The normalized spacial score (nSPS) is 10.8. The first-order valence-corrected chi connectivity index (χ1v) is 7.84. The molecule has 3 rings (SSSR count). The first-order chi connectivity index (χ1) is 9.70. The van der Waals surface area contributed by atoms with E-state index in [1.807, 2.05) is 12.1 Å². The van der Waals surface area contributed by atoms with Crippen molar-refractivity contribution in [3.63, 3.8) is 0 Å². The topological polar surface area (TPSA) is 105 Å². The fourth-order valence-electron chi connectivity index (χ4n) is 1.42. The summed E-state index contributed by atoms with van der Waals surface area (Å²) in [6.07, 6.45) is 2.03. The number of nitrogens with zero attached hydrogens (tertiary/aromatic N) is 4. The van der Waals surface area contributed by atoms with E-state index in [2.05, 4.69) is 25.6 Å². The molecular formula is C10H7N5O2S3. The molecule has 0 amide bonds. The molecule has 3 aromatic rings. The van der Waals surface area contributed by atoms with E-state index in [1.165, 1.54) is 29.3 Å². The van der Waals surface area contributed by atoms with E-state index in [0.717, 1.165) is 13.4 Å². The molecule has 0 aliphatic rings. The van der Waals surface area contributed by atoms with Gasteiger partial charge in [-0.2, -0.15) is 0 Å². The number of carbonyl (C=O) groups is 1. The molecule has 0 aromatic carbocycles. The molecule has 0 radical (unpaired) electrons. The van der Waals surface area contributed by atoms with Crippen molar-refractivity contribution in [2.24, 2.45) is 0 Å². The van der Waals surface area contributed by atoms with Crippen molar-refractivity contribution in [3.05, 3.63) is 33.9 Å². The van der Waals surface area contributed by atoms with Crippen molar-refractivity contribution in [3.8, 4) is 0 Å². The largest absolute Gasteiger partial charge is 0.477 e. The summed E-state index contributed by atoms with van der Waals surface area (Å²) in [6.45, 7) is 0. The molecule has 0 saturated heterocycles. The molecule has 0 fully saturated rings. The van der Waals surface area contributed by atoms with Crippen LogP contribution in [0.5, 0.6) is 0 Å². The fraction of sp³-hybridized carbons (Fsp3) is 0.100. The second kappa shape index (κ2) is 5.69. The maximum atomic E-state index is 10.8. The van der Waals surface area contributed by atoms with Gasteiger partial charge in [-0.15, -0.1) is 27.8 Å². The van der Waals surface area contributed by atoms with Gasteiger partial charge in [0.2, 0.25) is 0 Å². The van der Waals surface area contributed by atoms with Crippen LogP contribution in [-0.2, 0) is 6.42 Å². The number of hydrogen-bond donors (Lipinski definition) is 2. The average molecular weight is 325 g/mol. The number of tetrazole rings is 1. The lowest BCUT2D eigenvalue weighted by Gasteiger charge is -1.91. The zero-order valence-electron chi connectivity index (χ0n) is 9.81. The maximum absolute atomic E-state index is 10.8. The van der Waals surface area contributed by atoms with Gasteiger partial charge in [-0.05, 0) is 34.3 Å². The molecule has 0 unspecified atom stereocenters. The zero-order chi connectivity index (χ0) is 13.9. The highest BCUT2D eigenvalue weighted by atomic mass is 32.2. The highest BCUT2D eigenvalue weighted by Crippen LogP contribution is 2.36. The molecule has 3 heterocycles. The molecule has 2 N–H and O–H groups in total. The number of aromatic amines is 1. The number of aromatic carboxylic acids is 1. The van der Waals surface area contributed by atoms with E-state index in [0.29, 0.717) is 12.2 Å². The van der Waals surface area contributed by atoms with Gasteiger partial charge in [0.1, 0.15) is 4.88 Å². The number of rotatable bonds is 5. The van der Waals surface area contributed by atoms with Crippen LogP contribution in [0.15, 0.2) is 26.9 Å². The van der Waals surface area contributed by atoms with Crippen LogP contribution in [0.1, 0.15) is 20.4 Å². The summed E-state index contributed by atoms with van der Waals surface area (Å²) >= 11 is 4.24. The number of thiophene rings is 1. The molecule has 102 valence electrons. The lowest BCUT2D eigenvalue weighted by atomic mass is 10.3. The van der Waals surface area contributed by atoms with Crippen molar-refractivity contribution in [2.45, 2.75) is 15.0 Å². The molecule has 7 nitrogen and oxygen atoms in total. The number of carboxylic acids is 1. The van der Waals surface area contributed by atoms with Gasteiger partial charge >= 0.3 is 5.97 Å². The Morgan fingerprint density at radius 3 is 3.00 bits per heavy atom. The predicted molar refractivity (Wildman–Crippen MR) is 74.5 cm³/mol. The van der Waals surface area contributed by atoms with Crippen LogP contribution < -0.4 is 0 Å². The number of thiazole rings is 1.